The first-order valence-electron chi connectivity index (χ1n) is 8.82. The smallest absolute Gasteiger partial charge is 0.161 e. The highest BCUT2D eigenvalue weighted by Crippen LogP contribution is 2.44. The molecule has 4 rings (SSSR count). The zero-order valence-electron chi connectivity index (χ0n) is 15.2. The van der Waals surface area contributed by atoms with E-state index in [1.165, 1.54) is 0 Å². The summed E-state index contributed by atoms with van der Waals surface area (Å²) in [4.78, 5) is 0. The minimum absolute atomic E-state index is 0.0138. The van der Waals surface area contributed by atoms with E-state index in [1.54, 1.807) is 7.11 Å². The Kier molecular flexibility index (Phi) is 5.13. The summed E-state index contributed by atoms with van der Waals surface area (Å²) in [5.41, 5.74) is 4.89. The van der Waals surface area contributed by atoms with Crippen LogP contribution in [-0.4, -0.2) is 46.8 Å². The Labute approximate surface area is 166 Å². The van der Waals surface area contributed by atoms with E-state index in [-0.39, 0.29) is 13.2 Å². The molecule has 4 N–H and O–H groups in total. The van der Waals surface area contributed by atoms with Crippen LogP contribution < -0.4 is 14.8 Å². The van der Waals surface area contributed by atoms with Gasteiger partial charge in [-0.15, -0.1) is 0 Å². The summed E-state index contributed by atoms with van der Waals surface area (Å²) in [6.45, 7) is -0.373. The average molecular weight is 402 g/mol. The quantitative estimate of drug-likeness (QED) is 0.379. The Bertz CT molecular complexity index is 1010. The lowest BCUT2D eigenvalue weighted by molar-refractivity contribution is 0.0527. The molecule has 0 radical (unpaired) electrons. The van der Waals surface area contributed by atoms with Gasteiger partial charge in [-0.1, -0.05) is 17.7 Å². The number of fused-ring (bicyclic) bond motifs is 3. The molecule has 0 spiro atoms. The molecule has 1 aliphatic carbocycles. The Morgan fingerprint density at radius 3 is 2.89 bits per heavy atom. The van der Waals surface area contributed by atoms with Crippen molar-refractivity contribution in [1.82, 2.24) is 10.2 Å². The number of aliphatic hydroxyl groups excluding tert-OH is 2. The number of H-pyrrole nitrogens is 1. The van der Waals surface area contributed by atoms with E-state index in [0.29, 0.717) is 22.9 Å². The van der Waals surface area contributed by atoms with Crippen LogP contribution in [0.4, 0.5) is 11.5 Å². The number of hydrogen-bond donors (Lipinski definition) is 4. The maximum atomic E-state index is 9.53. The lowest BCUT2D eigenvalue weighted by Crippen LogP contribution is -2.21. The summed E-state index contributed by atoms with van der Waals surface area (Å²) in [5, 5.41) is 29.9. The maximum absolute atomic E-state index is 9.53. The van der Waals surface area contributed by atoms with Gasteiger partial charge in [0.15, 0.2) is 17.3 Å². The Balaban J connectivity index is 1.61. The van der Waals surface area contributed by atoms with E-state index >= 15 is 0 Å². The van der Waals surface area contributed by atoms with Crippen molar-refractivity contribution in [2.24, 2.45) is 0 Å². The molecule has 3 aromatic rings. The Morgan fingerprint density at radius 1 is 1.29 bits per heavy atom. The summed E-state index contributed by atoms with van der Waals surface area (Å²) >= 11 is 6.06. The number of aliphatic hydroxyl groups is 2. The normalized spacial score (nSPS) is 13.0. The molecule has 0 bridgehead atoms. The number of aromatic amines is 1. The van der Waals surface area contributed by atoms with Gasteiger partial charge in [-0.05, 0) is 35.9 Å². The molecule has 0 saturated heterocycles. The van der Waals surface area contributed by atoms with Crippen LogP contribution in [0.1, 0.15) is 11.1 Å². The highest BCUT2D eigenvalue weighted by atomic mass is 35.5. The molecule has 0 fully saturated rings. The molecule has 8 heteroatoms. The molecule has 1 heterocycles. The molecule has 0 amide bonds. The first kappa shape index (κ1) is 18.6. The largest absolute Gasteiger partial charge is 0.493 e. The van der Waals surface area contributed by atoms with Gasteiger partial charge in [0.25, 0.3) is 0 Å². The van der Waals surface area contributed by atoms with Gasteiger partial charge in [0.2, 0.25) is 0 Å². The number of rotatable bonds is 7. The molecule has 28 heavy (non-hydrogen) atoms. The molecule has 0 aliphatic heterocycles. The zero-order chi connectivity index (χ0) is 19.7. The van der Waals surface area contributed by atoms with E-state index in [1.807, 2.05) is 36.4 Å². The van der Waals surface area contributed by atoms with Crippen LogP contribution in [0.3, 0.4) is 0 Å². The van der Waals surface area contributed by atoms with Crippen molar-refractivity contribution in [3.05, 3.63) is 52.5 Å². The van der Waals surface area contributed by atoms with Crippen molar-refractivity contribution in [1.29, 1.82) is 0 Å². The molecule has 0 saturated carbocycles. The molecule has 1 atom stereocenters. The fourth-order valence-corrected chi connectivity index (χ4v) is 3.44. The van der Waals surface area contributed by atoms with Crippen molar-refractivity contribution < 1.29 is 19.7 Å². The van der Waals surface area contributed by atoms with E-state index in [4.69, 9.17) is 26.2 Å². The third-order valence-corrected chi connectivity index (χ3v) is 4.86. The molecule has 1 aromatic heterocycles. The molecule has 2 aromatic carbocycles. The first-order valence-corrected chi connectivity index (χ1v) is 9.19. The van der Waals surface area contributed by atoms with Gasteiger partial charge in [0.1, 0.15) is 12.7 Å². The van der Waals surface area contributed by atoms with E-state index < -0.39 is 6.10 Å². The molecule has 146 valence electrons. The van der Waals surface area contributed by atoms with Gasteiger partial charge in [-0.3, -0.25) is 5.10 Å². The number of nitrogens with one attached hydrogen (secondary N) is 2. The summed E-state index contributed by atoms with van der Waals surface area (Å²) in [5.74, 6) is 1.82. The summed E-state index contributed by atoms with van der Waals surface area (Å²) in [6, 6.07) is 11.3. The number of hydrogen-bond acceptors (Lipinski definition) is 6. The fraction of sp³-hybridized carbons (Fsp3) is 0.250. The predicted octanol–water partition coefficient (Wildman–Crippen LogP) is 3.12. The highest BCUT2D eigenvalue weighted by Gasteiger charge is 2.27. The number of halogens is 1. The van der Waals surface area contributed by atoms with Crippen LogP contribution in [0, 0.1) is 0 Å². The maximum Gasteiger partial charge on any atom is 0.161 e. The van der Waals surface area contributed by atoms with Gasteiger partial charge >= 0.3 is 0 Å². The van der Waals surface area contributed by atoms with Crippen LogP contribution in [0.15, 0.2) is 36.4 Å². The monoisotopic (exact) mass is 401 g/mol. The molecule has 7 nitrogen and oxygen atoms in total. The van der Waals surface area contributed by atoms with Gasteiger partial charge in [0.05, 0.1) is 19.4 Å². The van der Waals surface area contributed by atoms with Crippen LogP contribution >= 0.6 is 11.6 Å². The summed E-state index contributed by atoms with van der Waals surface area (Å²) < 4.78 is 11.1. The number of aromatic nitrogens is 2. The highest BCUT2D eigenvalue weighted by molar-refractivity contribution is 6.30. The second-order valence-electron chi connectivity index (χ2n) is 6.55. The molecule has 1 unspecified atom stereocenters. The first-order chi connectivity index (χ1) is 13.6. The topological polar surface area (TPSA) is 99.6 Å². The second-order valence-corrected chi connectivity index (χ2v) is 6.98. The third-order valence-electron chi connectivity index (χ3n) is 4.62. The number of anilines is 2. The Morgan fingerprint density at radius 2 is 2.14 bits per heavy atom. The average Bonchev–Trinajstić information content (AvgIpc) is 3.24. The lowest BCUT2D eigenvalue weighted by atomic mass is 10.1. The van der Waals surface area contributed by atoms with Gasteiger partial charge in [-0.2, -0.15) is 5.10 Å². The molecular weight excluding hydrogens is 382 g/mol. The van der Waals surface area contributed by atoms with Crippen molar-refractivity contribution in [2.75, 3.05) is 25.6 Å². The summed E-state index contributed by atoms with van der Waals surface area (Å²) in [6.07, 6.45) is -0.268. The van der Waals surface area contributed by atoms with Crippen molar-refractivity contribution in [2.45, 2.75) is 12.5 Å². The number of nitrogens with zero attached hydrogens (tertiary/aromatic N) is 1. The minimum Gasteiger partial charge on any atom is -0.493 e. The Hall–Kier alpha value is -2.74. The van der Waals surface area contributed by atoms with Crippen molar-refractivity contribution >= 4 is 23.1 Å². The minimum atomic E-state index is -0.941. The van der Waals surface area contributed by atoms with Crippen LogP contribution in [0.5, 0.6) is 11.5 Å². The molecule has 1 aliphatic rings. The van der Waals surface area contributed by atoms with Gasteiger partial charge in [0, 0.05) is 28.3 Å². The SMILES string of the molecule is COc1cc2c(cc1OCC(O)CO)Cc1c(Nc3cccc(Cl)c3)n[nH]c1-2. The lowest BCUT2D eigenvalue weighted by Gasteiger charge is -2.14. The van der Waals surface area contributed by atoms with E-state index in [2.05, 4.69) is 15.5 Å². The predicted molar refractivity (Wildman–Crippen MR) is 107 cm³/mol. The standard InChI is InChI=1S/C20H20ClN3O4/c1-27-17-8-15-11(6-18(17)28-10-14(26)9-25)5-16-19(15)23-24-20(16)22-13-4-2-3-12(21)7-13/h2-4,6-8,14,25-26H,5,9-10H2,1H3,(H2,22,23,24). The summed E-state index contributed by atoms with van der Waals surface area (Å²) in [7, 11) is 1.56. The van der Waals surface area contributed by atoms with Crippen LogP contribution in [-0.2, 0) is 6.42 Å². The van der Waals surface area contributed by atoms with Crippen LogP contribution in [0.25, 0.3) is 11.3 Å². The van der Waals surface area contributed by atoms with Gasteiger partial charge in [-0.25, -0.2) is 0 Å². The number of benzene rings is 2. The van der Waals surface area contributed by atoms with Crippen molar-refractivity contribution in [3.63, 3.8) is 0 Å². The third kappa shape index (κ3) is 3.52. The zero-order valence-corrected chi connectivity index (χ0v) is 16.0. The van der Waals surface area contributed by atoms with Crippen LogP contribution in [0.2, 0.25) is 5.02 Å². The second kappa shape index (κ2) is 7.71. The van der Waals surface area contributed by atoms with E-state index in [9.17, 15) is 5.11 Å². The number of methoxy groups -OCH3 is 1. The number of ether oxygens (including phenoxy) is 2. The molecular formula is C20H20ClN3O4. The van der Waals surface area contributed by atoms with Crippen molar-refractivity contribution in [3.8, 4) is 22.8 Å². The fourth-order valence-electron chi connectivity index (χ4n) is 3.25. The van der Waals surface area contributed by atoms with Gasteiger partial charge < -0.3 is 25.0 Å². The van der Waals surface area contributed by atoms with E-state index in [0.717, 1.165) is 33.9 Å².